The summed E-state index contributed by atoms with van der Waals surface area (Å²) in [5.74, 6) is 0.269. The number of nitrogens with zero attached hydrogens (tertiary/aromatic N) is 3. The lowest BCUT2D eigenvalue weighted by atomic mass is 10.3. The highest BCUT2D eigenvalue weighted by Gasteiger charge is 2.12. The molecule has 0 saturated heterocycles. The van der Waals surface area contributed by atoms with Gasteiger partial charge >= 0.3 is 5.97 Å². The zero-order valence-electron chi connectivity index (χ0n) is 10.9. The van der Waals surface area contributed by atoms with Crippen molar-refractivity contribution in [3.05, 3.63) is 46.4 Å². The molecule has 3 aromatic heterocycles. The summed E-state index contributed by atoms with van der Waals surface area (Å²) >= 11 is 3.37. The van der Waals surface area contributed by atoms with Crippen molar-refractivity contribution >= 4 is 27.4 Å². The highest BCUT2D eigenvalue weighted by Crippen LogP contribution is 2.18. The third-order valence-electron chi connectivity index (χ3n) is 2.80. The first kappa shape index (κ1) is 13.6. The van der Waals surface area contributed by atoms with Gasteiger partial charge in [-0.2, -0.15) is 5.10 Å². The Labute approximate surface area is 127 Å². The van der Waals surface area contributed by atoms with Crippen LogP contribution in [0, 0.1) is 0 Å². The second-order valence-corrected chi connectivity index (χ2v) is 5.01. The predicted molar refractivity (Wildman–Crippen MR) is 75.1 cm³/mol. The van der Waals surface area contributed by atoms with Crippen molar-refractivity contribution in [2.45, 2.75) is 6.61 Å². The van der Waals surface area contributed by atoms with Crippen LogP contribution in [-0.4, -0.2) is 27.8 Å². The number of ether oxygens (including phenoxy) is 2. The normalized spacial score (nSPS) is 10.8. The summed E-state index contributed by atoms with van der Waals surface area (Å²) in [5.41, 5.74) is 1.26. The molecule has 0 atom stereocenters. The van der Waals surface area contributed by atoms with Gasteiger partial charge in [-0.05, 0) is 33.2 Å². The van der Waals surface area contributed by atoms with E-state index >= 15 is 0 Å². The fourth-order valence-electron chi connectivity index (χ4n) is 1.75. The number of carbonyl (C=O) groups is 1. The molecule has 0 N–H and O–H groups in total. The molecule has 0 radical (unpaired) electrons. The SMILES string of the molecule is COc1cc(COC(=O)c2ccc3c(Br)cnn3c2)on1. The van der Waals surface area contributed by atoms with Crippen LogP contribution < -0.4 is 4.74 Å². The number of rotatable bonds is 4. The minimum absolute atomic E-state index is 0.0178. The summed E-state index contributed by atoms with van der Waals surface area (Å²) in [5, 5.41) is 7.73. The molecular formula is C13H10BrN3O4. The topological polar surface area (TPSA) is 78.9 Å². The van der Waals surface area contributed by atoms with Crippen molar-refractivity contribution in [3.63, 3.8) is 0 Å². The van der Waals surface area contributed by atoms with Crippen LogP contribution in [0.2, 0.25) is 0 Å². The maximum absolute atomic E-state index is 12.0. The van der Waals surface area contributed by atoms with Crippen LogP contribution in [0.5, 0.6) is 5.88 Å². The predicted octanol–water partition coefficient (Wildman–Crippen LogP) is 2.45. The molecule has 3 rings (SSSR count). The maximum atomic E-state index is 12.0. The fourth-order valence-corrected chi connectivity index (χ4v) is 2.16. The van der Waals surface area contributed by atoms with Crippen molar-refractivity contribution in [2.24, 2.45) is 0 Å². The molecule has 0 aliphatic rings. The first-order valence-electron chi connectivity index (χ1n) is 5.97. The van der Waals surface area contributed by atoms with Gasteiger partial charge < -0.3 is 14.0 Å². The van der Waals surface area contributed by atoms with Crippen LogP contribution in [0.3, 0.4) is 0 Å². The summed E-state index contributed by atoms with van der Waals surface area (Å²) in [4.78, 5) is 12.0. The summed E-state index contributed by atoms with van der Waals surface area (Å²) in [6, 6.07) is 5.01. The van der Waals surface area contributed by atoms with Gasteiger partial charge in [0.2, 0.25) is 0 Å². The molecule has 0 aliphatic heterocycles. The molecule has 0 aliphatic carbocycles. The Bertz CT molecular complexity index is 796. The van der Waals surface area contributed by atoms with E-state index in [1.807, 2.05) is 0 Å². The highest BCUT2D eigenvalue weighted by atomic mass is 79.9. The second-order valence-electron chi connectivity index (χ2n) is 4.15. The third kappa shape index (κ3) is 2.75. The number of carbonyl (C=O) groups excluding carboxylic acids is 1. The molecule has 0 aromatic carbocycles. The lowest BCUT2D eigenvalue weighted by Gasteiger charge is -2.03. The molecule has 0 fully saturated rings. The average Bonchev–Trinajstić information content (AvgIpc) is 3.11. The van der Waals surface area contributed by atoms with Gasteiger partial charge in [-0.3, -0.25) is 0 Å². The number of hydrogen-bond donors (Lipinski definition) is 0. The number of aromatic nitrogens is 3. The number of hydrogen-bond acceptors (Lipinski definition) is 6. The van der Waals surface area contributed by atoms with E-state index in [1.54, 1.807) is 35.1 Å². The van der Waals surface area contributed by atoms with Crippen molar-refractivity contribution in [2.75, 3.05) is 7.11 Å². The van der Waals surface area contributed by atoms with E-state index in [1.165, 1.54) is 7.11 Å². The second kappa shape index (κ2) is 5.57. The van der Waals surface area contributed by atoms with Crippen LogP contribution in [0.15, 0.2) is 39.6 Å². The first-order chi connectivity index (χ1) is 10.2. The van der Waals surface area contributed by atoms with E-state index in [-0.39, 0.29) is 6.61 Å². The molecule has 3 heterocycles. The molecule has 7 nitrogen and oxygen atoms in total. The Morgan fingerprint density at radius 2 is 2.33 bits per heavy atom. The van der Waals surface area contributed by atoms with Crippen molar-refractivity contribution in [3.8, 4) is 5.88 Å². The van der Waals surface area contributed by atoms with Gasteiger partial charge in [0, 0.05) is 12.3 Å². The molecule has 0 amide bonds. The van der Waals surface area contributed by atoms with Gasteiger partial charge in [-0.15, -0.1) is 0 Å². The standard InChI is InChI=1S/C13H10BrN3O4/c1-19-12-4-9(21-16-12)7-20-13(18)8-2-3-11-10(14)5-15-17(11)6-8/h2-6H,7H2,1H3. The van der Waals surface area contributed by atoms with E-state index in [2.05, 4.69) is 26.2 Å². The van der Waals surface area contributed by atoms with Crippen molar-refractivity contribution in [1.29, 1.82) is 0 Å². The van der Waals surface area contributed by atoms with Crippen LogP contribution in [0.25, 0.3) is 5.52 Å². The highest BCUT2D eigenvalue weighted by molar-refractivity contribution is 9.10. The minimum atomic E-state index is -0.473. The van der Waals surface area contributed by atoms with Crippen LogP contribution in [0.4, 0.5) is 0 Å². The number of pyridine rings is 1. The fraction of sp³-hybridized carbons (Fsp3) is 0.154. The quantitative estimate of drug-likeness (QED) is 0.671. The number of halogens is 1. The van der Waals surface area contributed by atoms with Crippen LogP contribution in [-0.2, 0) is 11.3 Å². The Balaban J connectivity index is 1.71. The van der Waals surface area contributed by atoms with E-state index in [4.69, 9.17) is 14.0 Å². The minimum Gasteiger partial charge on any atom is -0.479 e. The zero-order valence-corrected chi connectivity index (χ0v) is 12.5. The smallest absolute Gasteiger partial charge is 0.340 e. The van der Waals surface area contributed by atoms with Gasteiger partial charge in [-0.25, -0.2) is 9.31 Å². The largest absolute Gasteiger partial charge is 0.479 e. The molecule has 0 saturated carbocycles. The van der Waals surface area contributed by atoms with E-state index in [9.17, 15) is 4.79 Å². The molecule has 8 heteroatoms. The van der Waals surface area contributed by atoms with Crippen molar-refractivity contribution < 1.29 is 18.8 Å². The van der Waals surface area contributed by atoms with Gasteiger partial charge in [0.25, 0.3) is 5.88 Å². The number of methoxy groups -OCH3 is 1. The summed E-state index contributed by atoms with van der Waals surface area (Å²) in [6.45, 7) is -0.0178. The third-order valence-corrected chi connectivity index (χ3v) is 3.41. The summed E-state index contributed by atoms with van der Waals surface area (Å²) < 4.78 is 17.4. The monoisotopic (exact) mass is 351 g/mol. The van der Waals surface area contributed by atoms with Gasteiger partial charge in [0.05, 0.1) is 28.9 Å². The van der Waals surface area contributed by atoms with E-state index in [0.29, 0.717) is 17.2 Å². The summed E-state index contributed by atoms with van der Waals surface area (Å²) in [6.07, 6.45) is 3.26. The average molecular weight is 352 g/mol. The zero-order chi connectivity index (χ0) is 14.8. The molecule has 3 aromatic rings. The lowest BCUT2D eigenvalue weighted by molar-refractivity contribution is 0.0436. The van der Waals surface area contributed by atoms with E-state index in [0.717, 1.165) is 9.99 Å². The lowest BCUT2D eigenvalue weighted by Crippen LogP contribution is -2.06. The Hall–Kier alpha value is -2.35. The first-order valence-corrected chi connectivity index (χ1v) is 6.76. The molecule has 0 bridgehead atoms. The van der Waals surface area contributed by atoms with Crippen molar-refractivity contribution in [1.82, 2.24) is 14.8 Å². The molecule has 21 heavy (non-hydrogen) atoms. The molecule has 0 unspecified atom stereocenters. The molecule has 0 spiro atoms. The molecular weight excluding hydrogens is 342 g/mol. The van der Waals surface area contributed by atoms with E-state index < -0.39 is 5.97 Å². The molecule has 108 valence electrons. The Kier molecular flexibility index (Phi) is 3.61. The van der Waals surface area contributed by atoms with Gasteiger partial charge in [0.1, 0.15) is 0 Å². The number of fused-ring (bicyclic) bond motifs is 1. The van der Waals surface area contributed by atoms with Gasteiger partial charge in [-0.1, -0.05) is 0 Å². The Morgan fingerprint density at radius 3 is 3.10 bits per heavy atom. The van der Waals surface area contributed by atoms with Crippen LogP contribution >= 0.6 is 15.9 Å². The Morgan fingerprint density at radius 1 is 1.48 bits per heavy atom. The number of esters is 1. The van der Waals surface area contributed by atoms with Gasteiger partial charge in [0.15, 0.2) is 12.4 Å². The summed E-state index contributed by atoms with van der Waals surface area (Å²) in [7, 11) is 1.48. The maximum Gasteiger partial charge on any atom is 0.340 e. The van der Waals surface area contributed by atoms with Crippen LogP contribution in [0.1, 0.15) is 16.1 Å².